The SMILES string of the molecule is CC(=O)OCc1cnc(C)c2oc(=Nc3ccccc3)c(C(=O)Nc3cccc4ccccc34)cc12. The van der Waals surface area contributed by atoms with Gasteiger partial charge in [0.1, 0.15) is 12.2 Å². The monoisotopic (exact) mass is 477 g/mol. The van der Waals surface area contributed by atoms with Crippen LogP contribution in [0, 0.1) is 6.92 Å². The first kappa shape index (κ1) is 23.0. The molecule has 0 aliphatic carbocycles. The van der Waals surface area contributed by atoms with Crippen molar-refractivity contribution in [1.82, 2.24) is 4.98 Å². The summed E-state index contributed by atoms with van der Waals surface area (Å²) in [5.41, 5.74) is 3.43. The van der Waals surface area contributed by atoms with Gasteiger partial charge < -0.3 is 14.5 Å². The molecule has 1 N–H and O–H groups in total. The molecule has 0 aliphatic heterocycles. The molecule has 5 rings (SSSR count). The third-order valence-corrected chi connectivity index (χ3v) is 5.75. The van der Waals surface area contributed by atoms with Gasteiger partial charge in [-0.25, -0.2) is 4.99 Å². The van der Waals surface area contributed by atoms with Crippen LogP contribution in [0.15, 0.2) is 94.5 Å². The predicted molar refractivity (Wildman–Crippen MR) is 138 cm³/mol. The van der Waals surface area contributed by atoms with E-state index in [2.05, 4.69) is 15.3 Å². The first-order valence-electron chi connectivity index (χ1n) is 11.4. The van der Waals surface area contributed by atoms with Gasteiger partial charge in [0.25, 0.3) is 5.91 Å². The number of carbonyl (C=O) groups excluding carboxylic acids is 2. The third-order valence-electron chi connectivity index (χ3n) is 5.75. The van der Waals surface area contributed by atoms with Crippen LogP contribution >= 0.6 is 0 Å². The maximum atomic E-state index is 13.6. The summed E-state index contributed by atoms with van der Waals surface area (Å²) in [5, 5.41) is 5.57. The van der Waals surface area contributed by atoms with Crippen LogP contribution in [0.1, 0.15) is 28.5 Å². The van der Waals surface area contributed by atoms with Gasteiger partial charge in [0, 0.05) is 35.1 Å². The number of ether oxygens (including phenoxy) is 1. The van der Waals surface area contributed by atoms with Crippen molar-refractivity contribution in [1.29, 1.82) is 0 Å². The van der Waals surface area contributed by atoms with Crippen LogP contribution in [-0.2, 0) is 16.1 Å². The van der Waals surface area contributed by atoms with Crippen molar-refractivity contribution >= 4 is 45.0 Å². The molecular formula is C29H23N3O4. The van der Waals surface area contributed by atoms with E-state index in [1.54, 1.807) is 12.3 Å². The highest BCUT2D eigenvalue weighted by atomic mass is 16.5. The minimum atomic E-state index is -0.412. The molecule has 3 aromatic carbocycles. The quantitative estimate of drug-likeness (QED) is 0.321. The lowest BCUT2D eigenvalue weighted by molar-refractivity contribution is -0.142. The van der Waals surface area contributed by atoms with E-state index < -0.39 is 5.97 Å². The summed E-state index contributed by atoms with van der Waals surface area (Å²) in [6.45, 7) is 3.16. The number of pyridine rings is 1. The highest BCUT2D eigenvalue weighted by molar-refractivity contribution is 6.10. The summed E-state index contributed by atoms with van der Waals surface area (Å²) in [6, 6.07) is 24.5. The average Bonchev–Trinajstić information content (AvgIpc) is 2.89. The number of esters is 1. The molecule has 1 amide bonds. The van der Waals surface area contributed by atoms with E-state index in [-0.39, 0.29) is 23.6 Å². The number of nitrogens with one attached hydrogen (secondary N) is 1. The summed E-state index contributed by atoms with van der Waals surface area (Å²) in [7, 11) is 0. The Bertz CT molecular complexity index is 1670. The van der Waals surface area contributed by atoms with E-state index in [4.69, 9.17) is 9.15 Å². The second-order valence-electron chi connectivity index (χ2n) is 8.29. The number of carbonyl (C=O) groups is 2. The summed E-state index contributed by atoms with van der Waals surface area (Å²) in [5.74, 6) is -0.787. The highest BCUT2D eigenvalue weighted by Crippen LogP contribution is 2.25. The van der Waals surface area contributed by atoms with E-state index in [9.17, 15) is 9.59 Å². The van der Waals surface area contributed by atoms with Crippen LogP contribution in [-0.4, -0.2) is 16.9 Å². The number of aromatic nitrogens is 1. The van der Waals surface area contributed by atoms with Crippen molar-refractivity contribution in [2.24, 2.45) is 4.99 Å². The van der Waals surface area contributed by atoms with E-state index >= 15 is 0 Å². The molecule has 0 aliphatic rings. The van der Waals surface area contributed by atoms with Gasteiger partial charge in [-0.1, -0.05) is 54.6 Å². The predicted octanol–water partition coefficient (Wildman–Crippen LogP) is 5.84. The lowest BCUT2D eigenvalue weighted by Crippen LogP contribution is -2.22. The third kappa shape index (κ3) is 4.72. The smallest absolute Gasteiger partial charge is 0.302 e. The van der Waals surface area contributed by atoms with Gasteiger partial charge in [-0.2, -0.15) is 0 Å². The van der Waals surface area contributed by atoms with Gasteiger partial charge in [0.15, 0.2) is 5.58 Å². The second-order valence-corrected chi connectivity index (χ2v) is 8.29. The van der Waals surface area contributed by atoms with Gasteiger partial charge >= 0.3 is 5.97 Å². The Labute approximate surface area is 207 Å². The molecule has 7 heteroatoms. The fourth-order valence-corrected chi connectivity index (χ4v) is 3.97. The number of hydrogen-bond donors (Lipinski definition) is 1. The maximum Gasteiger partial charge on any atom is 0.302 e. The van der Waals surface area contributed by atoms with Crippen LogP contribution < -0.4 is 10.9 Å². The maximum absolute atomic E-state index is 13.6. The molecule has 0 unspecified atom stereocenters. The lowest BCUT2D eigenvalue weighted by atomic mass is 10.1. The normalized spacial score (nSPS) is 11.6. The summed E-state index contributed by atoms with van der Waals surface area (Å²) in [6.07, 6.45) is 1.62. The second kappa shape index (κ2) is 9.84. The number of hydrogen-bond acceptors (Lipinski definition) is 6. The molecule has 0 spiro atoms. The molecular weight excluding hydrogens is 454 g/mol. The zero-order valence-corrected chi connectivity index (χ0v) is 19.8. The first-order valence-corrected chi connectivity index (χ1v) is 11.4. The number of fused-ring (bicyclic) bond motifs is 2. The van der Waals surface area contributed by atoms with Gasteiger partial charge in [0.05, 0.1) is 11.4 Å². The molecule has 0 saturated heterocycles. The Kier molecular flexibility index (Phi) is 6.28. The lowest BCUT2D eigenvalue weighted by Gasteiger charge is -2.12. The van der Waals surface area contributed by atoms with Gasteiger partial charge in [-0.05, 0) is 36.6 Å². The number of aryl methyl sites for hydroxylation is 1. The van der Waals surface area contributed by atoms with Crippen molar-refractivity contribution in [3.8, 4) is 0 Å². The topological polar surface area (TPSA) is 93.8 Å². The van der Waals surface area contributed by atoms with E-state index in [0.29, 0.717) is 33.6 Å². The number of para-hydroxylation sites is 1. The largest absolute Gasteiger partial charge is 0.461 e. The van der Waals surface area contributed by atoms with Crippen molar-refractivity contribution in [3.05, 3.63) is 107 Å². The van der Waals surface area contributed by atoms with Crippen molar-refractivity contribution in [2.45, 2.75) is 20.5 Å². The number of benzene rings is 3. The zero-order valence-electron chi connectivity index (χ0n) is 19.8. The van der Waals surface area contributed by atoms with Gasteiger partial charge in [-0.3, -0.25) is 14.6 Å². The van der Waals surface area contributed by atoms with Crippen molar-refractivity contribution in [2.75, 3.05) is 5.32 Å². The van der Waals surface area contributed by atoms with E-state index in [0.717, 1.165) is 10.8 Å². The molecule has 0 saturated carbocycles. The van der Waals surface area contributed by atoms with Crippen LogP contribution in [0.2, 0.25) is 0 Å². The van der Waals surface area contributed by atoms with Gasteiger partial charge in [-0.15, -0.1) is 0 Å². The average molecular weight is 478 g/mol. The Morgan fingerprint density at radius 2 is 1.72 bits per heavy atom. The molecule has 178 valence electrons. The molecule has 0 fully saturated rings. The van der Waals surface area contributed by atoms with Gasteiger partial charge in [0.2, 0.25) is 5.55 Å². The summed E-state index contributed by atoms with van der Waals surface area (Å²) in [4.78, 5) is 34.1. The Balaban J connectivity index is 1.68. The summed E-state index contributed by atoms with van der Waals surface area (Å²) < 4.78 is 11.4. The molecule has 7 nitrogen and oxygen atoms in total. The number of amides is 1. The van der Waals surface area contributed by atoms with E-state index in [1.165, 1.54) is 6.92 Å². The fraction of sp³-hybridized carbons (Fsp3) is 0.103. The molecule has 5 aromatic rings. The van der Waals surface area contributed by atoms with Crippen LogP contribution in [0.4, 0.5) is 11.4 Å². The first-order chi connectivity index (χ1) is 17.5. The number of rotatable bonds is 5. The zero-order chi connectivity index (χ0) is 25.1. The number of nitrogens with zero attached hydrogens (tertiary/aromatic N) is 2. The van der Waals surface area contributed by atoms with Crippen LogP contribution in [0.3, 0.4) is 0 Å². The molecule has 2 aromatic heterocycles. The molecule has 0 radical (unpaired) electrons. The molecule has 36 heavy (non-hydrogen) atoms. The fourth-order valence-electron chi connectivity index (χ4n) is 3.97. The Morgan fingerprint density at radius 3 is 2.53 bits per heavy atom. The number of anilines is 1. The van der Waals surface area contributed by atoms with Crippen molar-refractivity contribution in [3.63, 3.8) is 0 Å². The summed E-state index contributed by atoms with van der Waals surface area (Å²) >= 11 is 0. The van der Waals surface area contributed by atoms with E-state index in [1.807, 2.05) is 79.7 Å². The molecule has 2 heterocycles. The minimum Gasteiger partial charge on any atom is -0.461 e. The van der Waals surface area contributed by atoms with Crippen LogP contribution in [0.25, 0.3) is 21.7 Å². The Morgan fingerprint density at radius 1 is 0.972 bits per heavy atom. The van der Waals surface area contributed by atoms with Crippen molar-refractivity contribution < 1.29 is 18.7 Å². The molecule has 0 bridgehead atoms. The van der Waals surface area contributed by atoms with Crippen LogP contribution in [0.5, 0.6) is 0 Å². The highest BCUT2D eigenvalue weighted by Gasteiger charge is 2.18. The standard InChI is InChI=1S/C29H23N3O4/c1-18-27-24(21(16-30-18)17-35-19(2)33)15-25(29(36-27)31-22-11-4-3-5-12-22)28(34)32-26-14-8-10-20-9-6-7-13-23(20)26/h3-16H,17H2,1-2H3,(H,32,34). The minimum absolute atomic E-state index is 0.00813. The Hall–Kier alpha value is -4.78. The molecule has 0 atom stereocenters.